The quantitative estimate of drug-likeness (QED) is 0.236. The summed E-state index contributed by atoms with van der Waals surface area (Å²) in [5.41, 5.74) is 1.30. The van der Waals surface area contributed by atoms with E-state index in [0.717, 1.165) is 6.42 Å². The van der Waals surface area contributed by atoms with Gasteiger partial charge in [-0.2, -0.15) is 0 Å². The average molecular weight is 508 g/mol. The molecule has 0 spiro atoms. The molecule has 1 unspecified atom stereocenters. The van der Waals surface area contributed by atoms with Gasteiger partial charge in [-0.3, -0.25) is 14.5 Å². The van der Waals surface area contributed by atoms with Gasteiger partial charge in [-0.15, -0.1) is 0 Å². The molecule has 4 rings (SSSR count). The lowest BCUT2D eigenvalue weighted by Crippen LogP contribution is -2.29. The minimum absolute atomic E-state index is 0.0557. The van der Waals surface area contributed by atoms with E-state index in [1.807, 2.05) is 6.92 Å². The fourth-order valence-electron chi connectivity index (χ4n) is 4.13. The smallest absolute Gasteiger partial charge is 0.300 e. The molecular weight excluding hydrogens is 482 g/mol. The van der Waals surface area contributed by atoms with Gasteiger partial charge in [0, 0.05) is 17.3 Å². The van der Waals surface area contributed by atoms with Crippen LogP contribution >= 0.6 is 11.6 Å². The van der Waals surface area contributed by atoms with Crippen LogP contribution in [0.1, 0.15) is 30.5 Å². The SMILES string of the molecule is CCCOc1cccc(C2/C(=C(\O)c3ccc(Cl)c(OC)c3)C(=O)C(=O)N2c2cccc(OC)c2)c1. The number of aliphatic hydroxyl groups is 1. The maximum Gasteiger partial charge on any atom is 0.300 e. The maximum absolute atomic E-state index is 13.4. The van der Waals surface area contributed by atoms with Gasteiger partial charge >= 0.3 is 0 Å². The molecule has 1 aliphatic rings. The summed E-state index contributed by atoms with van der Waals surface area (Å²) in [5.74, 6) is -0.466. The molecule has 3 aromatic carbocycles. The molecule has 1 N–H and O–H groups in total. The van der Waals surface area contributed by atoms with Crippen molar-refractivity contribution in [3.05, 3.63) is 88.5 Å². The number of carbonyl (C=O) groups is 2. The molecule has 0 bridgehead atoms. The van der Waals surface area contributed by atoms with Gasteiger partial charge in [0.25, 0.3) is 11.7 Å². The first-order valence-electron chi connectivity index (χ1n) is 11.4. The highest BCUT2D eigenvalue weighted by Gasteiger charge is 2.47. The van der Waals surface area contributed by atoms with Gasteiger partial charge in [-0.1, -0.05) is 36.7 Å². The third-order valence-electron chi connectivity index (χ3n) is 5.85. The summed E-state index contributed by atoms with van der Waals surface area (Å²) >= 11 is 6.15. The van der Waals surface area contributed by atoms with Crippen LogP contribution in [0, 0.1) is 0 Å². The van der Waals surface area contributed by atoms with Crippen LogP contribution in [0.5, 0.6) is 17.2 Å². The third kappa shape index (κ3) is 4.75. The molecule has 0 aromatic heterocycles. The number of methoxy groups -OCH3 is 2. The third-order valence-corrected chi connectivity index (χ3v) is 6.16. The first kappa shape index (κ1) is 25.1. The van der Waals surface area contributed by atoms with Crippen molar-refractivity contribution in [3.63, 3.8) is 0 Å². The molecule has 1 amide bonds. The molecule has 8 heteroatoms. The van der Waals surface area contributed by atoms with E-state index in [9.17, 15) is 14.7 Å². The van der Waals surface area contributed by atoms with E-state index < -0.39 is 17.7 Å². The van der Waals surface area contributed by atoms with E-state index in [-0.39, 0.29) is 11.3 Å². The minimum Gasteiger partial charge on any atom is -0.507 e. The Morgan fingerprint density at radius 3 is 2.44 bits per heavy atom. The zero-order valence-corrected chi connectivity index (χ0v) is 20.9. The van der Waals surface area contributed by atoms with Gasteiger partial charge in [0.1, 0.15) is 23.0 Å². The molecule has 0 aliphatic carbocycles. The molecule has 186 valence electrons. The van der Waals surface area contributed by atoms with Crippen LogP contribution in [0.3, 0.4) is 0 Å². The van der Waals surface area contributed by atoms with Crippen molar-refractivity contribution in [2.45, 2.75) is 19.4 Å². The highest BCUT2D eigenvalue weighted by Crippen LogP contribution is 2.44. The molecule has 3 aromatic rings. The molecule has 1 saturated heterocycles. The molecule has 1 aliphatic heterocycles. The van der Waals surface area contributed by atoms with Crippen LogP contribution in [-0.4, -0.2) is 37.6 Å². The topological polar surface area (TPSA) is 85.3 Å². The molecule has 0 saturated carbocycles. The molecule has 0 radical (unpaired) electrons. The Bertz CT molecular complexity index is 1340. The molecular formula is C28H26ClNO6. The number of halogens is 1. The van der Waals surface area contributed by atoms with Gasteiger partial charge in [-0.25, -0.2) is 0 Å². The zero-order valence-electron chi connectivity index (χ0n) is 20.2. The number of amides is 1. The number of carbonyl (C=O) groups excluding carboxylic acids is 2. The lowest BCUT2D eigenvalue weighted by atomic mass is 9.95. The second kappa shape index (κ2) is 10.7. The van der Waals surface area contributed by atoms with Gasteiger partial charge in [-0.05, 0) is 54.4 Å². The van der Waals surface area contributed by atoms with E-state index in [0.29, 0.717) is 45.7 Å². The van der Waals surface area contributed by atoms with Crippen LogP contribution in [0.4, 0.5) is 5.69 Å². The first-order valence-corrected chi connectivity index (χ1v) is 11.8. The van der Waals surface area contributed by atoms with Crippen LogP contribution < -0.4 is 19.1 Å². The number of benzene rings is 3. The summed E-state index contributed by atoms with van der Waals surface area (Å²) in [5, 5.41) is 11.7. The van der Waals surface area contributed by atoms with E-state index in [2.05, 4.69) is 0 Å². The van der Waals surface area contributed by atoms with Crippen molar-refractivity contribution in [1.29, 1.82) is 0 Å². The second-order valence-electron chi connectivity index (χ2n) is 8.14. The molecule has 1 heterocycles. The molecule has 36 heavy (non-hydrogen) atoms. The van der Waals surface area contributed by atoms with Crippen molar-refractivity contribution in [3.8, 4) is 17.2 Å². The Balaban J connectivity index is 1.93. The Labute approximate surface area is 214 Å². The highest BCUT2D eigenvalue weighted by molar-refractivity contribution is 6.51. The van der Waals surface area contributed by atoms with Crippen molar-refractivity contribution in [1.82, 2.24) is 0 Å². The molecule has 1 fully saturated rings. The summed E-state index contributed by atoms with van der Waals surface area (Å²) in [7, 11) is 2.97. The van der Waals surface area contributed by atoms with Gasteiger partial charge in [0.15, 0.2) is 0 Å². The number of ether oxygens (including phenoxy) is 3. The zero-order chi connectivity index (χ0) is 25.8. The largest absolute Gasteiger partial charge is 0.507 e. The lowest BCUT2D eigenvalue weighted by molar-refractivity contribution is -0.132. The summed E-state index contributed by atoms with van der Waals surface area (Å²) in [6, 6.07) is 17.7. The average Bonchev–Trinajstić information content (AvgIpc) is 3.17. The van der Waals surface area contributed by atoms with E-state index in [4.69, 9.17) is 25.8 Å². The number of ketones is 1. The van der Waals surface area contributed by atoms with E-state index in [1.165, 1.54) is 25.2 Å². The Kier molecular flexibility index (Phi) is 7.50. The van der Waals surface area contributed by atoms with Crippen molar-refractivity contribution >= 4 is 34.7 Å². The van der Waals surface area contributed by atoms with Gasteiger partial charge in [0.05, 0.1) is 37.5 Å². The normalized spacial score (nSPS) is 16.8. The summed E-state index contributed by atoms with van der Waals surface area (Å²) in [6.45, 7) is 2.52. The van der Waals surface area contributed by atoms with Crippen LogP contribution in [-0.2, 0) is 9.59 Å². The number of aliphatic hydroxyl groups excluding tert-OH is 1. The lowest BCUT2D eigenvalue weighted by Gasteiger charge is -2.26. The van der Waals surface area contributed by atoms with Crippen LogP contribution in [0.2, 0.25) is 5.02 Å². The second-order valence-corrected chi connectivity index (χ2v) is 8.55. The standard InChI is InChI=1S/C28H26ClNO6/c1-4-13-36-21-10-5-7-17(14-21)25-24(26(31)18-11-12-22(29)23(15-18)35-3)27(32)28(33)30(25)19-8-6-9-20(16-19)34-2/h5-12,14-16,25,31H,4,13H2,1-3H3/b26-24+. The highest BCUT2D eigenvalue weighted by atomic mass is 35.5. The fraction of sp³-hybridized carbons (Fsp3) is 0.214. The summed E-state index contributed by atoms with van der Waals surface area (Å²) < 4.78 is 16.4. The number of Topliss-reactive ketones (excluding diaryl/α,β-unsaturated/α-hetero) is 1. The number of rotatable bonds is 8. The van der Waals surface area contributed by atoms with Gasteiger partial charge in [0.2, 0.25) is 0 Å². The van der Waals surface area contributed by atoms with Crippen molar-refractivity contribution in [2.24, 2.45) is 0 Å². The Hall–Kier alpha value is -3.97. The molecule has 1 atom stereocenters. The summed E-state index contributed by atoms with van der Waals surface area (Å²) in [4.78, 5) is 28.1. The first-order chi connectivity index (χ1) is 17.4. The number of hydrogen-bond acceptors (Lipinski definition) is 6. The predicted molar refractivity (Wildman–Crippen MR) is 138 cm³/mol. The van der Waals surface area contributed by atoms with E-state index >= 15 is 0 Å². The maximum atomic E-state index is 13.4. The number of hydrogen-bond donors (Lipinski definition) is 1. The summed E-state index contributed by atoms with van der Waals surface area (Å²) in [6.07, 6.45) is 0.824. The monoisotopic (exact) mass is 507 g/mol. The van der Waals surface area contributed by atoms with Gasteiger partial charge < -0.3 is 19.3 Å². The van der Waals surface area contributed by atoms with Crippen molar-refractivity contribution in [2.75, 3.05) is 25.7 Å². The van der Waals surface area contributed by atoms with Crippen LogP contribution in [0.25, 0.3) is 5.76 Å². The predicted octanol–water partition coefficient (Wildman–Crippen LogP) is 5.77. The Morgan fingerprint density at radius 2 is 1.72 bits per heavy atom. The molecule has 7 nitrogen and oxygen atoms in total. The number of anilines is 1. The van der Waals surface area contributed by atoms with Crippen LogP contribution in [0.15, 0.2) is 72.3 Å². The fourth-order valence-corrected chi connectivity index (χ4v) is 4.33. The Morgan fingerprint density at radius 1 is 0.972 bits per heavy atom. The number of nitrogens with zero attached hydrogens (tertiary/aromatic N) is 1. The van der Waals surface area contributed by atoms with Crippen molar-refractivity contribution < 1.29 is 28.9 Å². The van der Waals surface area contributed by atoms with E-state index in [1.54, 1.807) is 60.7 Å². The minimum atomic E-state index is -0.913.